The third-order valence-electron chi connectivity index (χ3n) is 3.70. The number of piperidine rings is 1. The normalized spacial score (nSPS) is 17.8. The molecular formula is C14H18N2O3S. The maximum absolute atomic E-state index is 12.4. The summed E-state index contributed by atoms with van der Waals surface area (Å²) in [7, 11) is -3.40. The van der Waals surface area contributed by atoms with E-state index in [4.69, 9.17) is 10.4 Å². The highest BCUT2D eigenvalue weighted by Gasteiger charge is 2.28. The Labute approximate surface area is 119 Å². The highest BCUT2D eigenvalue weighted by atomic mass is 32.2. The van der Waals surface area contributed by atoms with Crippen LogP contribution in [0.15, 0.2) is 24.3 Å². The monoisotopic (exact) mass is 294 g/mol. The minimum absolute atomic E-state index is 0.116. The Balaban J connectivity index is 2.10. The van der Waals surface area contributed by atoms with Crippen LogP contribution in [0.25, 0.3) is 0 Å². The van der Waals surface area contributed by atoms with Gasteiger partial charge in [0, 0.05) is 19.7 Å². The summed E-state index contributed by atoms with van der Waals surface area (Å²) in [6.07, 6.45) is 1.38. The molecule has 5 nitrogen and oxygen atoms in total. The van der Waals surface area contributed by atoms with Gasteiger partial charge in [-0.05, 0) is 30.4 Å². The van der Waals surface area contributed by atoms with Crippen LogP contribution < -0.4 is 0 Å². The van der Waals surface area contributed by atoms with E-state index in [0.717, 1.165) is 0 Å². The minimum atomic E-state index is -3.40. The highest BCUT2D eigenvalue weighted by Crippen LogP contribution is 2.22. The van der Waals surface area contributed by atoms with Gasteiger partial charge in [-0.25, -0.2) is 12.7 Å². The SMILES string of the molecule is N#Cc1ccccc1CS(=O)(=O)N1CCC(CO)CC1. The van der Waals surface area contributed by atoms with Crippen molar-refractivity contribution in [3.8, 4) is 6.07 Å². The summed E-state index contributed by atoms with van der Waals surface area (Å²) in [5.74, 6) is 0.0633. The molecule has 1 heterocycles. The molecule has 0 bridgehead atoms. The van der Waals surface area contributed by atoms with Gasteiger partial charge in [0.2, 0.25) is 10.0 Å². The summed E-state index contributed by atoms with van der Waals surface area (Å²) in [6.45, 7) is 1.01. The zero-order chi connectivity index (χ0) is 14.6. The Hall–Kier alpha value is -1.42. The minimum Gasteiger partial charge on any atom is -0.396 e. The summed E-state index contributed by atoms with van der Waals surface area (Å²) in [4.78, 5) is 0. The first-order chi connectivity index (χ1) is 9.56. The van der Waals surface area contributed by atoms with Crippen LogP contribution >= 0.6 is 0 Å². The van der Waals surface area contributed by atoms with Crippen LogP contribution in [0, 0.1) is 17.2 Å². The first-order valence-electron chi connectivity index (χ1n) is 6.63. The molecule has 1 aromatic rings. The van der Waals surface area contributed by atoms with Crippen molar-refractivity contribution in [2.45, 2.75) is 18.6 Å². The maximum atomic E-state index is 12.4. The molecule has 6 heteroatoms. The Morgan fingerprint density at radius 1 is 1.30 bits per heavy atom. The highest BCUT2D eigenvalue weighted by molar-refractivity contribution is 7.88. The molecule has 108 valence electrons. The van der Waals surface area contributed by atoms with Crippen molar-refractivity contribution in [2.75, 3.05) is 19.7 Å². The Morgan fingerprint density at radius 2 is 1.95 bits per heavy atom. The van der Waals surface area contributed by atoms with Crippen LogP contribution in [-0.2, 0) is 15.8 Å². The fraction of sp³-hybridized carbons (Fsp3) is 0.500. The van der Waals surface area contributed by atoms with E-state index < -0.39 is 10.0 Å². The van der Waals surface area contributed by atoms with Crippen LogP contribution in [0.2, 0.25) is 0 Å². The van der Waals surface area contributed by atoms with Crippen molar-refractivity contribution < 1.29 is 13.5 Å². The number of rotatable bonds is 4. The van der Waals surface area contributed by atoms with Gasteiger partial charge in [0.25, 0.3) is 0 Å². The molecule has 1 saturated heterocycles. The first kappa shape index (κ1) is 15.0. The first-order valence-corrected chi connectivity index (χ1v) is 8.24. The predicted octanol–water partition coefficient (Wildman–Crippen LogP) is 1.09. The zero-order valence-electron chi connectivity index (χ0n) is 11.2. The molecule has 2 rings (SSSR count). The van der Waals surface area contributed by atoms with Crippen LogP contribution in [0.3, 0.4) is 0 Å². The van der Waals surface area contributed by atoms with Crippen molar-refractivity contribution in [1.29, 1.82) is 5.26 Å². The molecule has 0 aromatic heterocycles. The van der Waals surface area contributed by atoms with Gasteiger partial charge in [-0.1, -0.05) is 18.2 Å². The number of hydrogen-bond donors (Lipinski definition) is 1. The second-order valence-electron chi connectivity index (χ2n) is 5.05. The van der Waals surface area contributed by atoms with Gasteiger partial charge in [-0.3, -0.25) is 0 Å². The Bertz CT molecular complexity index is 599. The number of nitriles is 1. The summed E-state index contributed by atoms with van der Waals surface area (Å²) >= 11 is 0. The molecule has 0 saturated carbocycles. The number of hydrogen-bond acceptors (Lipinski definition) is 4. The van der Waals surface area contributed by atoms with Crippen molar-refractivity contribution in [1.82, 2.24) is 4.31 Å². The number of aliphatic hydroxyl groups is 1. The summed E-state index contributed by atoms with van der Waals surface area (Å²) in [5, 5.41) is 18.1. The van der Waals surface area contributed by atoms with E-state index in [1.165, 1.54) is 4.31 Å². The largest absolute Gasteiger partial charge is 0.396 e. The standard InChI is InChI=1S/C14H18N2O3S/c15-9-13-3-1-2-4-14(13)11-20(18,19)16-7-5-12(10-17)6-8-16/h1-4,12,17H,5-8,10-11H2. The molecule has 1 N–H and O–H groups in total. The van der Waals surface area contributed by atoms with Crippen LogP contribution in [0.1, 0.15) is 24.0 Å². The van der Waals surface area contributed by atoms with Gasteiger partial charge in [0.05, 0.1) is 17.4 Å². The smallest absolute Gasteiger partial charge is 0.218 e. The molecule has 1 fully saturated rings. The van der Waals surface area contributed by atoms with E-state index in [2.05, 4.69) is 0 Å². The molecule has 0 spiro atoms. The lowest BCUT2D eigenvalue weighted by Gasteiger charge is -2.30. The fourth-order valence-electron chi connectivity index (χ4n) is 2.41. The van der Waals surface area contributed by atoms with Crippen LogP contribution in [-0.4, -0.2) is 37.5 Å². The van der Waals surface area contributed by atoms with Crippen LogP contribution in [0.5, 0.6) is 0 Å². The summed E-state index contributed by atoms with van der Waals surface area (Å²) in [5.41, 5.74) is 0.945. The topological polar surface area (TPSA) is 81.4 Å². The van der Waals surface area contributed by atoms with E-state index in [1.807, 2.05) is 6.07 Å². The molecule has 0 unspecified atom stereocenters. The molecule has 0 aliphatic carbocycles. The maximum Gasteiger partial charge on any atom is 0.218 e. The second-order valence-corrected chi connectivity index (χ2v) is 7.02. The van der Waals surface area contributed by atoms with E-state index >= 15 is 0 Å². The summed E-state index contributed by atoms with van der Waals surface area (Å²) < 4.78 is 26.2. The molecule has 20 heavy (non-hydrogen) atoms. The quantitative estimate of drug-likeness (QED) is 0.901. The molecule has 0 amide bonds. The van der Waals surface area contributed by atoms with Gasteiger partial charge in [-0.2, -0.15) is 5.26 Å². The van der Waals surface area contributed by atoms with Crippen molar-refractivity contribution in [3.05, 3.63) is 35.4 Å². The van der Waals surface area contributed by atoms with Crippen molar-refractivity contribution in [3.63, 3.8) is 0 Å². The number of aliphatic hydroxyl groups excluding tert-OH is 1. The van der Waals surface area contributed by atoms with Gasteiger partial charge in [-0.15, -0.1) is 0 Å². The molecule has 0 radical (unpaired) electrons. The predicted molar refractivity (Wildman–Crippen MR) is 75.2 cm³/mol. The molecule has 1 aliphatic rings. The number of sulfonamides is 1. The second kappa shape index (κ2) is 6.35. The van der Waals surface area contributed by atoms with E-state index in [-0.39, 0.29) is 18.3 Å². The number of nitrogens with zero attached hydrogens (tertiary/aromatic N) is 2. The van der Waals surface area contributed by atoms with Crippen LogP contribution in [0.4, 0.5) is 0 Å². The number of benzene rings is 1. The van der Waals surface area contributed by atoms with E-state index in [9.17, 15) is 8.42 Å². The fourth-order valence-corrected chi connectivity index (χ4v) is 4.01. The van der Waals surface area contributed by atoms with Gasteiger partial charge < -0.3 is 5.11 Å². The third kappa shape index (κ3) is 3.37. The lowest BCUT2D eigenvalue weighted by molar-refractivity contribution is 0.170. The van der Waals surface area contributed by atoms with Gasteiger partial charge >= 0.3 is 0 Å². The van der Waals surface area contributed by atoms with Gasteiger partial charge in [0.1, 0.15) is 0 Å². The molecule has 1 aromatic carbocycles. The van der Waals surface area contributed by atoms with Crippen molar-refractivity contribution in [2.24, 2.45) is 5.92 Å². The molecule has 1 aliphatic heterocycles. The zero-order valence-corrected chi connectivity index (χ0v) is 12.0. The summed E-state index contributed by atoms with van der Waals surface area (Å²) in [6, 6.07) is 8.79. The lowest BCUT2D eigenvalue weighted by Crippen LogP contribution is -2.39. The van der Waals surface area contributed by atoms with Crippen molar-refractivity contribution >= 4 is 10.0 Å². The Kier molecular flexibility index (Phi) is 4.76. The Morgan fingerprint density at radius 3 is 2.55 bits per heavy atom. The third-order valence-corrected chi connectivity index (χ3v) is 5.53. The average molecular weight is 294 g/mol. The molecule has 0 atom stereocenters. The van der Waals surface area contributed by atoms with Gasteiger partial charge in [0.15, 0.2) is 0 Å². The average Bonchev–Trinajstić information content (AvgIpc) is 2.47. The van der Waals surface area contributed by atoms with E-state index in [0.29, 0.717) is 37.1 Å². The lowest BCUT2D eigenvalue weighted by atomic mass is 10.00. The molecular weight excluding hydrogens is 276 g/mol. The van der Waals surface area contributed by atoms with E-state index in [1.54, 1.807) is 24.3 Å².